The molecule has 1 aromatic carbocycles. The second-order valence-corrected chi connectivity index (χ2v) is 8.15. The number of carbonyl (C=O) groups excluding carboxylic acids is 1. The van der Waals surface area contributed by atoms with Gasteiger partial charge in [0.2, 0.25) is 0 Å². The first-order chi connectivity index (χ1) is 14.2. The van der Waals surface area contributed by atoms with Crippen LogP contribution < -0.4 is 9.47 Å². The summed E-state index contributed by atoms with van der Waals surface area (Å²) >= 11 is 3.22. The Labute approximate surface area is 177 Å². The summed E-state index contributed by atoms with van der Waals surface area (Å²) in [5.41, 5.74) is 2.38. The highest BCUT2D eigenvalue weighted by atomic mass is 32.2. The molecule has 3 heterocycles. The van der Waals surface area contributed by atoms with Crippen molar-refractivity contribution in [3.8, 4) is 22.1 Å². The monoisotopic (exact) mass is 425 g/mol. The fourth-order valence-corrected chi connectivity index (χ4v) is 4.76. The van der Waals surface area contributed by atoms with Crippen molar-refractivity contribution in [1.29, 1.82) is 0 Å². The summed E-state index contributed by atoms with van der Waals surface area (Å²) in [6.07, 6.45) is 5.51. The van der Waals surface area contributed by atoms with Crippen molar-refractivity contribution in [3.63, 3.8) is 0 Å². The molecular formula is C21H19N3O3S2. The maximum absolute atomic E-state index is 13.1. The van der Waals surface area contributed by atoms with Gasteiger partial charge in [-0.05, 0) is 36.4 Å². The molecule has 0 atom stereocenters. The van der Waals surface area contributed by atoms with Gasteiger partial charge in [0.25, 0.3) is 5.91 Å². The highest BCUT2D eigenvalue weighted by Gasteiger charge is 2.26. The minimum Gasteiger partial charge on any atom is -0.493 e. The first-order valence-corrected chi connectivity index (χ1v) is 10.8. The highest BCUT2D eigenvalue weighted by molar-refractivity contribution is 8.03. The number of methoxy groups -OCH3 is 2. The number of thioether (sulfide) groups is 1. The van der Waals surface area contributed by atoms with Crippen LogP contribution in [-0.4, -0.2) is 47.3 Å². The molecule has 3 aromatic rings. The van der Waals surface area contributed by atoms with Gasteiger partial charge in [0.15, 0.2) is 11.5 Å². The zero-order valence-electron chi connectivity index (χ0n) is 16.0. The van der Waals surface area contributed by atoms with Crippen molar-refractivity contribution < 1.29 is 14.3 Å². The zero-order chi connectivity index (χ0) is 20.2. The molecule has 2 aromatic heterocycles. The van der Waals surface area contributed by atoms with E-state index in [1.54, 1.807) is 72.8 Å². The van der Waals surface area contributed by atoms with Gasteiger partial charge in [0, 0.05) is 41.2 Å². The van der Waals surface area contributed by atoms with Gasteiger partial charge in [-0.1, -0.05) is 0 Å². The number of pyridine rings is 1. The van der Waals surface area contributed by atoms with Crippen molar-refractivity contribution in [1.82, 2.24) is 14.9 Å². The summed E-state index contributed by atoms with van der Waals surface area (Å²) in [6, 6.07) is 9.10. The number of aromatic nitrogens is 2. The highest BCUT2D eigenvalue weighted by Crippen LogP contribution is 2.34. The van der Waals surface area contributed by atoms with E-state index in [0.29, 0.717) is 23.6 Å². The molecular weight excluding hydrogens is 406 g/mol. The van der Waals surface area contributed by atoms with Crippen LogP contribution >= 0.6 is 23.1 Å². The second kappa shape index (κ2) is 8.67. The Morgan fingerprint density at radius 2 is 2.07 bits per heavy atom. The van der Waals surface area contributed by atoms with E-state index in [4.69, 9.17) is 9.47 Å². The van der Waals surface area contributed by atoms with Crippen LogP contribution in [0.15, 0.2) is 53.1 Å². The van der Waals surface area contributed by atoms with E-state index in [9.17, 15) is 4.79 Å². The summed E-state index contributed by atoms with van der Waals surface area (Å²) in [7, 11) is 3.14. The van der Waals surface area contributed by atoms with Crippen LogP contribution in [-0.2, 0) is 0 Å². The van der Waals surface area contributed by atoms with Gasteiger partial charge >= 0.3 is 0 Å². The van der Waals surface area contributed by atoms with Gasteiger partial charge in [0.1, 0.15) is 5.01 Å². The van der Waals surface area contributed by atoms with Crippen LogP contribution in [0.3, 0.4) is 0 Å². The molecule has 1 fully saturated rings. The summed E-state index contributed by atoms with van der Waals surface area (Å²) in [5, 5.41) is 3.80. The van der Waals surface area contributed by atoms with Gasteiger partial charge < -0.3 is 14.4 Å². The lowest BCUT2D eigenvalue weighted by Crippen LogP contribution is -2.26. The smallest absolute Gasteiger partial charge is 0.258 e. The van der Waals surface area contributed by atoms with Gasteiger partial charge in [-0.15, -0.1) is 23.1 Å². The van der Waals surface area contributed by atoms with E-state index < -0.39 is 0 Å². The van der Waals surface area contributed by atoms with Crippen molar-refractivity contribution in [2.75, 3.05) is 26.5 Å². The fourth-order valence-electron chi connectivity index (χ4n) is 2.98. The maximum Gasteiger partial charge on any atom is 0.258 e. The Morgan fingerprint density at radius 3 is 2.83 bits per heavy atom. The van der Waals surface area contributed by atoms with Crippen LogP contribution in [0.4, 0.5) is 0 Å². The van der Waals surface area contributed by atoms with Gasteiger partial charge in [-0.25, -0.2) is 4.98 Å². The standard InChI is InChI=1S/C21H19N3O3S2/c1-26-17-6-5-14(10-18(17)27-2)21(25)24-8-9-28-19(24)11-16-13-29-20(23-16)15-4-3-7-22-12-15/h3-7,10-13H,8-9H2,1-2H3/b19-11+. The Morgan fingerprint density at radius 1 is 1.21 bits per heavy atom. The van der Waals surface area contributed by atoms with Crippen molar-refractivity contribution >= 4 is 35.1 Å². The van der Waals surface area contributed by atoms with Crippen LogP contribution in [0, 0.1) is 0 Å². The van der Waals surface area contributed by atoms with E-state index in [1.165, 1.54) is 0 Å². The van der Waals surface area contributed by atoms with Crippen LogP contribution in [0.2, 0.25) is 0 Å². The molecule has 1 aliphatic heterocycles. The van der Waals surface area contributed by atoms with Crippen molar-refractivity contribution in [2.24, 2.45) is 0 Å². The minimum absolute atomic E-state index is 0.0649. The van der Waals surface area contributed by atoms with Gasteiger partial charge in [0.05, 0.1) is 24.9 Å². The SMILES string of the molecule is COc1ccc(C(=O)N2CCS/C2=C/c2csc(-c3cccnc3)n2)cc1OC. The molecule has 8 heteroatoms. The Kier molecular flexibility index (Phi) is 5.82. The number of hydrogen-bond donors (Lipinski definition) is 0. The number of benzene rings is 1. The molecule has 0 unspecified atom stereocenters. The molecule has 0 spiro atoms. The fraction of sp³-hybridized carbons (Fsp3) is 0.190. The number of ether oxygens (including phenoxy) is 2. The molecule has 148 valence electrons. The van der Waals surface area contributed by atoms with E-state index in [1.807, 2.05) is 23.6 Å². The Balaban J connectivity index is 1.58. The molecule has 1 saturated heterocycles. The summed E-state index contributed by atoms with van der Waals surface area (Å²) < 4.78 is 10.6. The molecule has 0 radical (unpaired) electrons. The van der Waals surface area contributed by atoms with E-state index in [2.05, 4.69) is 9.97 Å². The molecule has 0 saturated carbocycles. The van der Waals surface area contributed by atoms with Crippen LogP contribution in [0.1, 0.15) is 16.1 Å². The molecule has 1 amide bonds. The molecule has 0 aliphatic carbocycles. The predicted octanol–water partition coefficient (Wildman–Crippen LogP) is 4.41. The average molecular weight is 426 g/mol. The quantitative estimate of drug-likeness (QED) is 0.603. The van der Waals surface area contributed by atoms with Gasteiger partial charge in [-0.2, -0.15) is 0 Å². The molecule has 0 N–H and O–H groups in total. The van der Waals surface area contributed by atoms with Crippen LogP contribution in [0.5, 0.6) is 11.5 Å². The lowest BCUT2D eigenvalue weighted by atomic mass is 10.1. The van der Waals surface area contributed by atoms with E-state index in [-0.39, 0.29) is 5.91 Å². The van der Waals surface area contributed by atoms with Gasteiger partial charge in [-0.3, -0.25) is 9.78 Å². The number of carbonyl (C=O) groups is 1. The second-order valence-electron chi connectivity index (χ2n) is 6.18. The zero-order valence-corrected chi connectivity index (χ0v) is 17.6. The number of rotatable bonds is 5. The normalized spacial score (nSPS) is 15.0. The molecule has 6 nitrogen and oxygen atoms in total. The Bertz CT molecular complexity index is 1050. The number of nitrogens with zero attached hydrogens (tertiary/aromatic N) is 3. The first kappa shape index (κ1) is 19.5. The summed E-state index contributed by atoms with van der Waals surface area (Å²) in [6.45, 7) is 0.656. The lowest BCUT2D eigenvalue weighted by Gasteiger charge is -2.18. The Hall–Kier alpha value is -2.84. The lowest BCUT2D eigenvalue weighted by molar-refractivity contribution is 0.0830. The summed E-state index contributed by atoms with van der Waals surface area (Å²) in [4.78, 5) is 23.7. The number of amides is 1. The van der Waals surface area contributed by atoms with E-state index >= 15 is 0 Å². The summed E-state index contributed by atoms with van der Waals surface area (Å²) in [5.74, 6) is 1.92. The topological polar surface area (TPSA) is 64.5 Å². The third-order valence-electron chi connectivity index (χ3n) is 4.41. The van der Waals surface area contributed by atoms with Crippen molar-refractivity contribution in [2.45, 2.75) is 0 Å². The molecule has 1 aliphatic rings. The number of hydrogen-bond acceptors (Lipinski definition) is 7. The van der Waals surface area contributed by atoms with E-state index in [0.717, 1.165) is 27.0 Å². The minimum atomic E-state index is -0.0649. The third-order valence-corrected chi connectivity index (χ3v) is 6.34. The molecule has 0 bridgehead atoms. The maximum atomic E-state index is 13.1. The average Bonchev–Trinajstić information content (AvgIpc) is 3.43. The first-order valence-electron chi connectivity index (χ1n) is 8.94. The predicted molar refractivity (Wildman–Crippen MR) is 116 cm³/mol. The number of thiazole rings is 1. The molecule has 29 heavy (non-hydrogen) atoms. The molecule has 4 rings (SSSR count). The van der Waals surface area contributed by atoms with Crippen LogP contribution in [0.25, 0.3) is 16.6 Å². The third kappa shape index (κ3) is 4.13. The largest absolute Gasteiger partial charge is 0.493 e. The van der Waals surface area contributed by atoms with Crippen molar-refractivity contribution in [3.05, 3.63) is 64.4 Å².